The first-order valence-corrected chi connectivity index (χ1v) is 6.43. The summed E-state index contributed by atoms with van der Waals surface area (Å²) in [5.41, 5.74) is 5.48. The van der Waals surface area contributed by atoms with Gasteiger partial charge in [0.25, 0.3) is 0 Å². The van der Waals surface area contributed by atoms with Crippen molar-refractivity contribution in [3.8, 4) is 0 Å². The predicted octanol–water partition coefficient (Wildman–Crippen LogP) is 1.97. The monoisotopic (exact) mass is 224 g/mol. The summed E-state index contributed by atoms with van der Waals surface area (Å²) in [5.74, 6) is 3.22. The fourth-order valence-corrected chi connectivity index (χ4v) is 2.78. The molecule has 2 aliphatic carbocycles. The van der Waals surface area contributed by atoms with Gasteiger partial charge < -0.3 is 11.1 Å². The van der Waals surface area contributed by atoms with Gasteiger partial charge in [0.2, 0.25) is 11.1 Å². The zero-order valence-corrected chi connectivity index (χ0v) is 9.46. The van der Waals surface area contributed by atoms with Crippen LogP contribution in [-0.2, 0) is 0 Å². The van der Waals surface area contributed by atoms with Crippen molar-refractivity contribution < 1.29 is 0 Å². The summed E-state index contributed by atoms with van der Waals surface area (Å²) in [6.45, 7) is 1.06. The summed E-state index contributed by atoms with van der Waals surface area (Å²) in [5, 5.41) is 4.25. The maximum absolute atomic E-state index is 5.48. The van der Waals surface area contributed by atoms with Gasteiger partial charge in [0.15, 0.2) is 0 Å². The molecular weight excluding hydrogens is 208 g/mol. The molecule has 5 heteroatoms. The number of nitrogens with zero attached hydrogens (tertiary/aromatic N) is 2. The maximum Gasteiger partial charge on any atom is 0.233 e. The van der Waals surface area contributed by atoms with Crippen LogP contribution in [0.5, 0.6) is 0 Å². The quantitative estimate of drug-likeness (QED) is 0.802. The van der Waals surface area contributed by atoms with Gasteiger partial charge in [-0.25, -0.2) is 0 Å². The molecule has 0 bridgehead atoms. The zero-order valence-electron chi connectivity index (χ0n) is 8.65. The van der Waals surface area contributed by atoms with Crippen molar-refractivity contribution in [1.29, 1.82) is 0 Å². The fraction of sp³-hybridized carbons (Fsp3) is 0.800. The van der Waals surface area contributed by atoms with Crippen molar-refractivity contribution >= 4 is 22.6 Å². The number of aromatic nitrogens is 2. The number of rotatable bonds is 5. The SMILES string of the molecule is Nc1nsc(NCC(C2CC2)C2CC2)n1. The highest BCUT2D eigenvalue weighted by molar-refractivity contribution is 7.09. The molecule has 82 valence electrons. The number of nitrogens with one attached hydrogen (secondary N) is 1. The van der Waals surface area contributed by atoms with Gasteiger partial charge in [-0.05, 0) is 43.4 Å². The van der Waals surface area contributed by atoms with Crippen molar-refractivity contribution in [2.24, 2.45) is 17.8 Å². The standard InChI is InChI=1S/C10H16N4S/c11-9-13-10(15-14-9)12-5-8(6-1-2-6)7-3-4-7/h6-8H,1-5H2,(H3,11,12,13,14). The Labute approximate surface area is 93.4 Å². The second kappa shape index (κ2) is 3.63. The average Bonchev–Trinajstić information content (AvgIpc) is 3.09. The summed E-state index contributed by atoms with van der Waals surface area (Å²) >= 11 is 1.36. The molecule has 2 saturated carbocycles. The van der Waals surface area contributed by atoms with Crippen LogP contribution in [0.15, 0.2) is 0 Å². The maximum atomic E-state index is 5.48. The van der Waals surface area contributed by atoms with E-state index in [2.05, 4.69) is 14.7 Å². The molecule has 0 amide bonds. The number of nitrogen functional groups attached to an aromatic ring is 1. The first-order valence-electron chi connectivity index (χ1n) is 5.66. The number of nitrogens with two attached hydrogens (primary N) is 1. The molecule has 4 nitrogen and oxygen atoms in total. The van der Waals surface area contributed by atoms with Crippen LogP contribution >= 0.6 is 11.5 Å². The van der Waals surface area contributed by atoms with Gasteiger partial charge in [-0.1, -0.05) is 0 Å². The van der Waals surface area contributed by atoms with Gasteiger partial charge in [-0.3, -0.25) is 0 Å². The normalized spacial score (nSPS) is 20.9. The smallest absolute Gasteiger partial charge is 0.233 e. The van der Waals surface area contributed by atoms with E-state index in [9.17, 15) is 0 Å². The fourth-order valence-electron chi connectivity index (χ4n) is 2.28. The van der Waals surface area contributed by atoms with Crippen molar-refractivity contribution in [3.05, 3.63) is 0 Å². The summed E-state index contributed by atoms with van der Waals surface area (Å²) < 4.78 is 3.96. The minimum atomic E-state index is 0.386. The molecule has 1 aromatic rings. The number of hydrogen-bond donors (Lipinski definition) is 2. The van der Waals surface area contributed by atoms with Crippen LogP contribution in [0.3, 0.4) is 0 Å². The Hall–Kier alpha value is -0.840. The summed E-state index contributed by atoms with van der Waals surface area (Å²) in [6.07, 6.45) is 5.73. The minimum Gasteiger partial charge on any atom is -0.367 e. The van der Waals surface area contributed by atoms with Crippen LogP contribution in [0.1, 0.15) is 25.7 Å². The van der Waals surface area contributed by atoms with Crippen molar-refractivity contribution in [2.45, 2.75) is 25.7 Å². The largest absolute Gasteiger partial charge is 0.367 e. The number of anilines is 2. The Kier molecular flexibility index (Phi) is 2.27. The number of hydrogen-bond acceptors (Lipinski definition) is 5. The average molecular weight is 224 g/mol. The van der Waals surface area contributed by atoms with Crippen LogP contribution in [0, 0.1) is 17.8 Å². The molecule has 3 rings (SSSR count). The van der Waals surface area contributed by atoms with E-state index in [1.165, 1.54) is 37.2 Å². The molecule has 2 aliphatic rings. The van der Waals surface area contributed by atoms with Crippen LogP contribution in [0.25, 0.3) is 0 Å². The summed E-state index contributed by atoms with van der Waals surface area (Å²) in [6, 6.07) is 0. The minimum absolute atomic E-state index is 0.386. The molecule has 0 saturated heterocycles. The molecule has 0 unspecified atom stereocenters. The van der Waals surface area contributed by atoms with E-state index in [-0.39, 0.29) is 0 Å². The molecule has 1 heterocycles. The van der Waals surface area contributed by atoms with Crippen LogP contribution in [-0.4, -0.2) is 15.9 Å². The van der Waals surface area contributed by atoms with E-state index < -0.39 is 0 Å². The molecule has 15 heavy (non-hydrogen) atoms. The van der Waals surface area contributed by atoms with Crippen molar-refractivity contribution in [1.82, 2.24) is 9.36 Å². The van der Waals surface area contributed by atoms with Crippen molar-refractivity contribution in [3.63, 3.8) is 0 Å². The predicted molar refractivity (Wildman–Crippen MR) is 61.7 cm³/mol. The van der Waals surface area contributed by atoms with Crippen LogP contribution in [0.4, 0.5) is 11.1 Å². The Morgan fingerprint density at radius 2 is 2.00 bits per heavy atom. The van der Waals surface area contributed by atoms with Gasteiger partial charge in [-0.2, -0.15) is 9.36 Å². The Morgan fingerprint density at radius 1 is 1.33 bits per heavy atom. The van der Waals surface area contributed by atoms with E-state index >= 15 is 0 Å². The highest BCUT2D eigenvalue weighted by Gasteiger charge is 2.41. The Bertz CT molecular complexity index is 331. The molecule has 2 fully saturated rings. The van der Waals surface area contributed by atoms with Gasteiger partial charge in [-0.15, -0.1) is 0 Å². The van der Waals surface area contributed by atoms with E-state index in [1.54, 1.807) is 0 Å². The van der Waals surface area contributed by atoms with Gasteiger partial charge in [0, 0.05) is 18.1 Å². The molecule has 0 atom stereocenters. The van der Waals surface area contributed by atoms with Gasteiger partial charge >= 0.3 is 0 Å². The van der Waals surface area contributed by atoms with Gasteiger partial charge in [0.1, 0.15) is 0 Å². The third-order valence-electron chi connectivity index (χ3n) is 3.39. The molecule has 0 aromatic carbocycles. The Morgan fingerprint density at radius 3 is 2.47 bits per heavy atom. The summed E-state index contributed by atoms with van der Waals surface area (Å²) in [4.78, 5) is 4.12. The second-order valence-electron chi connectivity index (χ2n) is 4.68. The van der Waals surface area contributed by atoms with Crippen LogP contribution in [0.2, 0.25) is 0 Å². The van der Waals surface area contributed by atoms with E-state index in [1.807, 2.05) is 0 Å². The molecular formula is C10H16N4S. The zero-order chi connectivity index (χ0) is 10.3. The first kappa shape index (κ1) is 9.39. The van der Waals surface area contributed by atoms with E-state index in [4.69, 9.17) is 5.73 Å². The molecule has 0 radical (unpaired) electrons. The third kappa shape index (κ3) is 2.22. The lowest BCUT2D eigenvalue weighted by Crippen LogP contribution is -2.18. The Balaban J connectivity index is 1.55. The third-order valence-corrected chi connectivity index (χ3v) is 4.07. The first-order chi connectivity index (χ1) is 7.33. The van der Waals surface area contributed by atoms with E-state index in [0.717, 1.165) is 29.4 Å². The lowest BCUT2D eigenvalue weighted by Gasteiger charge is -2.15. The molecule has 0 aliphatic heterocycles. The van der Waals surface area contributed by atoms with Gasteiger partial charge in [0.05, 0.1) is 0 Å². The molecule has 3 N–H and O–H groups in total. The van der Waals surface area contributed by atoms with Crippen LogP contribution < -0.4 is 11.1 Å². The van der Waals surface area contributed by atoms with E-state index in [0.29, 0.717) is 5.95 Å². The highest BCUT2D eigenvalue weighted by atomic mass is 32.1. The lowest BCUT2D eigenvalue weighted by molar-refractivity contribution is 0.428. The lowest BCUT2D eigenvalue weighted by atomic mass is 9.98. The van der Waals surface area contributed by atoms with Crippen molar-refractivity contribution in [2.75, 3.05) is 17.6 Å². The molecule has 1 aromatic heterocycles. The summed E-state index contributed by atoms with van der Waals surface area (Å²) in [7, 11) is 0. The highest BCUT2D eigenvalue weighted by Crippen LogP contribution is 2.49. The second-order valence-corrected chi connectivity index (χ2v) is 5.43. The molecule has 0 spiro atoms. The topological polar surface area (TPSA) is 63.8 Å².